The first-order valence-corrected chi connectivity index (χ1v) is 9.32. The zero-order valence-corrected chi connectivity index (χ0v) is 24.8. The Bertz CT molecular complexity index is 834. The van der Waals surface area contributed by atoms with Gasteiger partial charge in [0.25, 0.3) is 0 Å². The zero-order chi connectivity index (χ0) is 22.1. The van der Waals surface area contributed by atoms with Crippen LogP contribution in [0.15, 0.2) is 0 Å². The minimum atomic E-state index is -1.08. The predicted molar refractivity (Wildman–Crippen MR) is 109 cm³/mol. The number of benzene rings is 2. The minimum Gasteiger partial charge on any atom is -0.545 e. The van der Waals surface area contributed by atoms with Gasteiger partial charge in [-0.3, -0.25) is 0 Å². The quantitative estimate of drug-likeness (QED) is 0.510. The van der Waals surface area contributed by atoms with Crippen LogP contribution in [0.3, 0.4) is 0 Å². The molecule has 4 nitrogen and oxygen atoms in total. The van der Waals surface area contributed by atoms with Crippen molar-refractivity contribution in [3.05, 3.63) is 66.8 Å². The smallest absolute Gasteiger partial charge is 0.545 e. The largest absolute Gasteiger partial charge is 2.00 e. The van der Waals surface area contributed by atoms with Gasteiger partial charge in [0, 0.05) is 11.1 Å². The van der Waals surface area contributed by atoms with Crippen molar-refractivity contribution >= 4 is 11.9 Å². The Morgan fingerprint density at radius 2 is 0.552 bits per heavy atom. The van der Waals surface area contributed by atoms with Gasteiger partial charge >= 0.3 is 27.7 Å². The molecule has 5 heteroatoms. The molecule has 0 aliphatic heterocycles. The molecule has 2 aromatic carbocycles. The van der Waals surface area contributed by atoms with E-state index in [2.05, 4.69) is 0 Å². The number of carbonyl (C=O) groups is 2. The molecular formula is C24H30HgO4. The molecule has 0 heterocycles. The van der Waals surface area contributed by atoms with Gasteiger partial charge in [0.05, 0.1) is 11.9 Å². The fourth-order valence-electron chi connectivity index (χ4n) is 3.61. The molecular weight excluding hydrogens is 553 g/mol. The molecule has 0 aliphatic rings. The third-order valence-corrected chi connectivity index (χ3v) is 6.41. The summed E-state index contributed by atoms with van der Waals surface area (Å²) in [4.78, 5) is 21.9. The summed E-state index contributed by atoms with van der Waals surface area (Å²) in [6, 6.07) is 0. The maximum absolute atomic E-state index is 10.9. The summed E-state index contributed by atoms with van der Waals surface area (Å²) in [6.07, 6.45) is 0. The monoisotopic (exact) mass is 584 g/mol. The number of carboxylic acid groups (broad SMARTS) is 2. The first-order chi connectivity index (χ1) is 12.7. The second-order valence-electron chi connectivity index (χ2n) is 7.57. The SMILES string of the molecule is Cc1c(C)c(C)c(C(=O)[O-])c(C)c1C.Cc1c(C)c(C)c(C(=O)[O-])c(C)c1C.[Hg+2]. The van der Waals surface area contributed by atoms with E-state index in [9.17, 15) is 19.8 Å². The van der Waals surface area contributed by atoms with Gasteiger partial charge in [0.1, 0.15) is 0 Å². The number of hydrogen-bond acceptors (Lipinski definition) is 4. The molecule has 0 amide bonds. The Morgan fingerprint density at radius 3 is 0.690 bits per heavy atom. The Hall–Kier alpha value is -1.68. The van der Waals surface area contributed by atoms with Crippen molar-refractivity contribution in [2.75, 3.05) is 0 Å². The topological polar surface area (TPSA) is 80.3 Å². The van der Waals surface area contributed by atoms with Crippen molar-refractivity contribution in [3.8, 4) is 0 Å². The number of hydrogen-bond donors (Lipinski definition) is 0. The Balaban J connectivity index is 0.000000523. The van der Waals surface area contributed by atoms with Crippen LogP contribution < -0.4 is 10.2 Å². The van der Waals surface area contributed by atoms with Crippen molar-refractivity contribution < 1.29 is 47.5 Å². The molecule has 152 valence electrons. The fourth-order valence-corrected chi connectivity index (χ4v) is 3.61. The van der Waals surface area contributed by atoms with Gasteiger partial charge in [0.15, 0.2) is 0 Å². The molecule has 0 saturated carbocycles. The zero-order valence-electron chi connectivity index (χ0n) is 19.3. The van der Waals surface area contributed by atoms with Crippen LogP contribution in [0.1, 0.15) is 76.4 Å². The molecule has 0 atom stereocenters. The first-order valence-electron chi connectivity index (χ1n) is 9.32. The van der Waals surface area contributed by atoms with E-state index < -0.39 is 11.9 Å². The second kappa shape index (κ2) is 10.4. The number of carbonyl (C=O) groups excluding carboxylic acids is 2. The van der Waals surface area contributed by atoms with Crippen molar-refractivity contribution in [2.45, 2.75) is 69.2 Å². The normalized spacial score (nSPS) is 10.0. The molecule has 0 unspecified atom stereocenters. The summed E-state index contributed by atoms with van der Waals surface area (Å²) in [6.45, 7) is 19.2. The van der Waals surface area contributed by atoms with Crippen LogP contribution in [-0.4, -0.2) is 11.9 Å². The van der Waals surface area contributed by atoms with Crippen molar-refractivity contribution in [2.24, 2.45) is 0 Å². The molecule has 29 heavy (non-hydrogen) atoms. The number of rotatable bonds is 2. The van der Waals surface area contributed by atoms with Crippen LogP contribution in [0.25, 0.3) is 0 Å². The second-order valence-corrected chi connectivity index (χ2v) is 7.57. The summed E-state index contributed by atoms with van der Waals surface area (Å²) in [5.41, 5.74) is 10.5. The summed E-state index contributed by atoms with van der Waals surface area (Å²) in [7, 11) is 0. The third kappa shape index (κ3) is 5.27. The van der Waals surface area contributed by atoms with E-state index in [1.165, 1.54) is 11.1 Å². The predicted octanol–water partition coefficient (Wildman–Crippen LogP) is 3.18. The number of aromatic carboxylic acids is 2. The third-order valence-electron chi connectivity index (χ3n) is 6.41. The summed E-state index contributed by atoms with van der Waals surface area (Å²) in [5.74, 6) is -2.16. The van der Waals surface area contributed by atoms with Crippen LogP contribution in [0.2, 0.25) is 0 Å². The fraction of sp³-hybridized carbons (Fsp3) is 0.417. The molecule has 0 radical (unpaired) electrons. The van der Waals surface area contributed by atoms with Gasteiger partial charge in [-0.2, -0.15) is 0 Å². The van der Waals surface area contributed by atoms with Gasteiger partial charge in [-0.1, -0.05) is 0 Å². The van der Waals surface area contributed by atoms with E-state index in [1.807, 2.05) is 69.2 Å². The van der Waals surface area contributed by atoms with E-state index >= 15 is 0 Å². The maximum Gasteiger partial charge on any atom is 2.00 e. The van der Waals surface area contributed by atoms with E-state index in [-0.39, 0.29) is 27.7 Å². The minimum absolute atomic E-state index is 0. The molecule has 0 saturated heterocycles. The van der Waals surface area contributed by atoms with Crippen LogP contribution in [-0.2, 0) is 27.7 Å². The van der Waals surface area contributed by atoms with Crippen LogP contribution in [0, 0.1) is 69.2 Å². The Labute approximate surface area is 194 Å². The molecule has 0 N–H and O–H groups in total. The maximum atomic E-state index is 10.9. The van der Waals surface area contributed by atoms with Gasteiger partial charge in [-0.15, -0.1) is 0 Å². The average molecular weight is 583 g/mol. The van der Waals surface area contributed by atoms with Gasteiger partial charge in [-0.25, -0.2) is 0 Å². The average Bonchev–Trinajstić information content (AvgIpc) is 2.61. The summed E-state index contributed by atoms with van der Waals surface area (Å²) >= 11 is 0. The van der Waals surface area contributed by atoms with Crippen LogP contribution in [0.5, 0.6) is 0 Å². The summed E-state index contributed by atoms with van der Waals surface area (Å²) in [5, 5.41) is 21.9. The first kappa shape index (κ1) is 27.3. The van der Waals surface area contributed by atoms with Crippen LogP contribution >= 0.6 is 0 Å². The molecule has 0 aliphatic carbocycles. The van der Waals surface area contributed by atoms with Gasteiger partial charge in [-0.05, 0) is 125 Å². The van der Waals surface area contributed by atoms with Gasteiger partial charge < -0.3 is 19.8 Å². The van der Waals surface area contributed by atoms with Crippen molar-refractivity contribution in [1.29, 1.82) is 0 Å². The molecule has 0 aromatic heterocycles. The molecule has 0 fully saturated rings. The van der Waals surface area contributed by atoms with E-state index in [1.54, 1.807) is 0 Å². The van der Waals surface area contributed by atoms with Crippen molar-refractivity contribution in [3.63, 3.8) is 0 Å². The Morgan fingerprint density at radius 1 is 0.414 bits per heavy atom. The molecule has 0 bridgehead atoms. The molecule has 0 spiro atoms. The molecule has 2 rings (SSSR count). The summed E-state index contributed by atoms with van der Waals surface area (Å²) < 4.78 is 0. The van der Waals surface area contributed by atoms with Gasteiger partial charge in [0.2, 0.25) is 0 Å². The molecule has 2 aromatic rings. The number of carboxylic acids is 2. The van der Waals surface area contributed by atoms with E-state index in [4.69, 9.17) is 0 Å². The van der Waals surface area contributed by atoms with E-state index in [0.29, 0.717) is 11.1 Å². The van der Waals surface area contributed by atoms with Crippen LogP contribution in [0.4, 0.5) is 0 Å². The standard InChI is InChI=1S/2C12H16O2.Hg/c2*1-6-7(2)9(4)11(12(13)14)10(5)8(6)3;/h2*1-5H3,(H,13,14);/q;;+2/p-2. The van der Waals surface area contributed by atoms with E-state index in [0.717, 1.165) is 44.5 Å². The van der Waals surface area contributed by atoms with Crippen molar-refractivity contribution in [1.82, 2.24) is 0 Å². The Kier molecular flexibility index (Phi) is 9.77.